The highest BCUT2D eigenvalue weighted by atomic mass is 19.4. The number of ether oxygens (including phenoxy) is 3. The minimum atomic E-state index is -5.91. The molecule has 0 fully saturated rings. The smallest absolute Gasteiger partial charge is 0.431 e. The van der Waals surface area contributed by atoms with E-state index in [4.69, 9.17) is 9.84 Å². The fourth-order valence-corrected chi connectivity index (χ4v) is 2.73. The number of hydrogen-bond donors (Lipinski definition) is 1. The second-order valence-corrected chi connectivity index (χ2v) is 6.28. The molecule has 1 N–H and O–H groups in total. The molecule has 1 aromatic carbocycles. The number of aromatic carboxylic acids is 1. The zero-order valence-electron chi connectivity index (χ0n) is 16.6. The first-order chi connectivity index (χ1) is 14.9. The monoisotopic (exact) mass is 465 g/mol. The van der Waals surface area contributed by atoms with E-state index in [0.717, 1.165) is 13.2 Å². The Labute approximate surface area is 178 Å². The van der Waals surface area contributed by atoms with E-state index in [0.29, 0.717) is 12.3 Å². The highest BCUT2D eigenvalue weighted by molar-refractivity contribution is 5.88. The van der Waals surface area contributed by atoms with E-state index in [-0.39, 0.29) is 22.8 Å². The van der Waals surface area contributed by atoms with Crippen LogP contribution in [-0.4, -0.2) is 42.3 Å². The van der Waals surface area contributed by atoms with E-state index >= 15 is 0 Å². The lowest BCUT2D eigenvalue weighted by Gasteiger charge is -2.37. The van der Waals surface area contributed by atoms with E-state index < -0.39 is 36.3 Å². The molecule has 0 saturated heterocycles. The number of pyridine rings is 1. The molecule has 0 saturated carbocycles. The fourth-order valence-electron chi connectivity index (χ4n) is 2.73. The fraction of sp³-hybridized carbons (Fsp3) is 0.300. The van der Waals surface area contributed by atoms with Crippen molar-refractivity contribution in [2.45, 2.75) is 24.9 Å². The van der Waals surface area contributed by atoms with Crippen LogP contribution in [0.3, 0.4) is 0 Å². The minimum absolute atomic E-state index is 0.0376. The number of nitrogens with zero attached hydrogens (tertiary/aromatic N) is 1. The second-order valence-electron chi connectivity index (χ2n) is 6.28. The number of carbonyl (C=O) groups is 1. The van der Waals surface area contributed by atoms with Crippen molar-refractivity contribution in [3.8, 4) is 11.6 Å². The number of methoxy groups -OCH3 is 1. The van der Waals surface area contributed by atoms with Gasteiger partial charge in [-0.15, -0.1) is 0 Å². The van der Waals surface area contributed by atoms with E-state index in [9.17, 15) is 31.1 Å². The highest BCUT2D eigenvalue weighted by Gasteiger charge is 2.73. The Kier molecular flexibility index (Phi) is 7.52. The molecule has 0 aliphatic heterocycles. The molecular formula is C20H17F6NO5. The lowest BCUT2D eigenvalue weighted by atomic mass is 9.92. The predicted molar refractivity (Wildman–Crippen MR) is 99.2 cm³/mol. The SMILES string of the molecule is CC=Cc1cc(C(OCOC)(C(F)(F)F)C(F)(F)F)cnc1Oc1cccc(C(=O)O)c1. The molecular weight excluding hydrogens is 448 g/mol. The van der Waals surface area contributed by atoms with Crippen molar-refractivity contribution < 1.29 is 50.5 Å². The quantitative estimate of drug-likeness (QED) is 0.407. The largest absolute Gasteiger partial charge is 0.478 e. The molecule has 1 heterocycles. The zero-order chi connectivity index (χ0) is 24.2. The van der Waals surface area contributed by atoms with E-state index in [1.54, 1.807) is 0 Å². The van der Waals surface area contributed by atoms with Gasteiger partial charge in [0.2, 0.25) is 5.88 Å². The summed E-state index contributed by atoms with van der Waals surface area (Å²) >= 11 is 0. The van der Waals surface area contributed by atoms with Crippen LogP contribution in [0.4, 0.5) is 26.3 Å². The number of benzene rings is 1. The summed E-state index contributed by atoms with van der Waals surface area (Å²) in [4.78, 5) is 14.7. The average molecular weight is 465 g/mol. The molecule has 0 radical (unpaired) electrons. The van der Waals surface area contributed by atoms with Crippen LogP contribution in [0.2, 0.25) is 0 Å². The van der Waals surface area contributed by atoms with E-state index in [2.05, 4.69) is 14.5 Å². The Balaban J connectivity index is 2.63. The van der Waals surface area contributed by atoms with Crippen LogP contribution in [-0.2, 0) is 15.1 Å². The summed E-state index contributed by atoms with van der Waals surface area (Å²) in [6.07, 6.45) is -8.95. The Morgan fingerprint density at radius 3 is 2.31 bits per heavy atom. The van der Waals surface area contributed by atoms with Crippen molar-refractivity contribution in [3.05, 3.63) is 59.3 Å². The van der Waals surface area contributed by atoms with Crippen molar-refractivity contribution in [2.24, 2.45) is 0 Å². The first-order valence-corrected chi connectivity index (χ1v) is 8.78. The molecule has 0 aliphatic carbocycles. The number of carboxylic acid groups (broad SMARTS) is 1. The molecule has 0 amide bonds. The topological polar surface area (TPSA) is 77.9 Å². The first kappa shape index (κ1) is 25.1. The van der Waals surface area contributed by atoms with Crippen LogP contribution >= 0.6 is 0 Å². The molecule has 2 aromatic rings. The maximum atomic E-state index is 13.7. The van der Waals surface area contributed by atoms with Crippen LogP contribution in [0.1, 0.15) is 28.4 Å². The van der Waals surface area contributed by atoms with Gasteiger partial charge in [-0.05, 0) is 31.2 Å². The number of carboxylic acids is 1. The number of halogens is 6. The van der Waals surface area contributed by atoms with Gasteiger partial charge in [-0.1, -0.05) is 18.2 Å². The lowest BCUT2D eigenvalue weighted by Crippen LogP contribution is -2.56. The highest BCUT2D eigenvalue weighted by Crippen LogP contribution is 2.53. The van der Waals surface area contributed by atoms with Crippen molar-refractivity contribution in [3.63, 3.8) is 0 Å². The van der Waals surface area contributed by atoms with Crippen molar-refractivity contribution >= 4 is 12.0 Å². The maximum absolute atomic E-state index is 13.7. The average Bonchev–Trinajstić information content (AvgIpc) is 2.68. The van der Waals surface area contributed by atoms with Gasteiger partial charge in [0.05, 0.1) is 5.56 Å². The van der Waals surface area contributed by atoms with Crippen molar-refractivity contribution in [1.29, 1.82) is 0 Å². The van der Waals surface area contributed by atoms with Gasteiger partial charge < -0.3 is 19.3 Å². The van der Waals surface area contributed by atoms with Crippen molar-refractivity contribution in [2.75, 3.05) is 13.9 Å². The van der Waals surface area contributed by atoms with Crippen LogP contribution < -0.4 is 4.74 Å². The maximum Gasteiger partial charge on any atom is 0.431 e. The summed E-state index contributed by atoms with van der Waals surface area (Å²) in [5, 5.41) is 9.04. The second kappa shape index (κ2) is 9.57. The van der Waals surface area contributed by atoms with Crippen molar-refractivity contribution in [1.82, 2.24) is 4.98 Å². The van der Waals surface area contributed by atoms with Gasteiger partial charge in [-0.25, -0.2) is 9.78 Å². The van der Waals surface area contributed by atoms with Crippen LogP contribution in [0.25, 0.3) is 6.08 Å². The van der Waals surface area contributed by atoms with Crippen LogP contribution in [0.15, 0.2) is 42.6 Å². The van der Waals surface area contributed by atoms with Gasteiger partial charge >= 0.3 is 18.3 Å². The molecule has 0 atom stereocenters. The third-order valence-electron chi connectivity index (χ3n) is 4.12. The van der Waals surface area contributed by atoms with Gasteiger partial charge in [0, 0.05) is 24.4 Å². The number of rotatable bonds is 8. The van der Waals surface area contributed by atoms with Gasteiger partial charge in [0.25, 0.3) is 5.60 Å². The summed E-state index contributed by atoms with van der Waals surface area (Å²) in [5.74, 6) is -1.65. The molecule has 0 bridgehead atoms. The summed E-state index contributed by atoms with van der Waals surface area (Å²) in [6.45, 7) is 0.182. The summed E-state index contributed by atoms with van der Waals surface area (Å²) in [6, 6.07) is 5.67. The molecule has 0 aliphatic rings. The third-order valence-corrected chi connectivity index (χ3v) is 4.12. The third kappa shape index (κ3) is 5.02. The molecule has 174 valence electrons. The van der Waals surface area contributed by atoms with Gasteiger partial charge in [0.15, 0.2) is 0 Å². The number of aromatic nitrogens is 1. The zero-order valence-corrected chi connectivity index (χ0v) is 16.6. The normalized spacial score (nSPS) is 12.9. The lowest BCUT2D eigenvalue weighted by molar-refractivity contribution is -0.400. The van der Waals surface area contributed by atoms with Gasteiger partial charge in [0.1, 0.15) is 12.5 Å². The predicted octanol–water partition coefficient (Wildman–Crippen LogP) is 5.55. The van der Waals surface area contributed by atoms with Crippen LogP contribution in [0, 0.1) is 0 Å². The molecule has 32 heavy (non-hydrogen) atoms. The molecule has 2 rings (SSSR count). The number of alkyl halides is 6. The Bertz CT molecular complexity index is 973. The van der Waals surface area contributed by atoms with Gasteiger partial charge in [-0.3, -0.25) is 0 Å². The van der Waals surface area contributed by atoms with E-state index in [1.165, 1.54) is 37.3 Å². The molecule has 12 heteroatoms. The Hall–Kier alpha value is -3.12. The Morgan fingerprint density at radius 1 is 1.12 bits per heavy atom. The molecule has 6 nitrogen and oxygen atoms in total. The number of hydrogen-bond acceptors (Lipinski definition) is 5. The standard InChI is InChI=1S/C20H17F6NO5/c1-3-5-12-8-14(18(19(21,22)23,20(24,25)26)31-11-30-2)10-27-16(12)32-15-7-4-6-13(9-15)17(28)29/h3-10H,11H2,1-2H3,(H,28,29). The summed E-state index contributed by atoms with van der Waals surface area (Å²) in [5.41, 5.74) is -6.42. The first-order valence-electron chi connectivity index (χ1n) is 8.78. The minimum Gasteiger partial charge on any atom is -0.478 e. The molecule has 0 unspecified atom stereocenters. The summed E-state index contributed by atoms with van der Waals surface area (Å²) in [7, 11) is 0.878. The summed E-state index contributed by atoms with van der Waals surface area (Å²) < 4.78 is 96.3. The van der Waals surface area contributed by atoms with E-state index in [1.807, 2.05) is 0 Å². The van der Waals surface area contributed by atoms with Gasteiger partial charge in [-0.2, -0.15) is 26.3 Å². The van der Waals surface area contributed by atoms with Crippen LogP contribution in [0.5, 0.6) is 11.6 Å². The molecule has 1 aromatic heterocycles. The number of allylic oxidation sites excluding steroid dienone is 1. The Morgan fingerprint density at radius 2 is 1.78 bits per heavy atom. The molecule has 0 spiro atoms.